The molecule has 0 amide bonds. The van der Waals surface area contributed by atoms with Gasteiger partial charge in [-0.2, -0.15) is 0 Å². The van der Waals surface area contributed by atoms with Gasteiger partial charge in [-0.15, -0.1) is 0 Å². The summed E-state index contributed by atoms with van der Waals surface area (Å²) in [5.41, 5.74) is 0. The van der Waals surface area contributed by atoms with Crippen LogP contribution in [0.4, 0.5) is 0 Å². The molecule has 0 atom stereocenters. The van der Waals surface area contributed by atoms with E-state index in [1.165, 1.54) is 0 Å². The zero-order valence-electron chi connectivity index (χ0n) is 3.85. The zero-order chi connectivity index (χ0) is 4.12. The van der Waals surface area contributed by atoms with Crippen molar-refractivity contribution in [2.75, 3.05) is 20.3 Å². The first-order chi connectivity index (χ1) is 2.41. The summed E-state index contributed by atoms with van der Waals surface area (Å²) in [5, 5.41) is 7.94. The number of rotatable bonds is 2. The molecule has 6 heavy (non-hydrogen) atoms. The van der Waals surface area contributed by atoms with Crippen LogP contribution >= 0.6 is 0 Å². The van der Waals surface area contributed by atoms with Crippen molar-refractivity contribution in [1.82, 2.24) is 0 Å². The van der Waals surface area contributed by atoms with E-state index in [0.29, 0.717) is 6.61 Å². The Bertz CT molecular complexity index is 16.3. The van der Waals surface area contributed by atoms with Gasteiger partial charge in [-0.25, -0.2) is 0 Å². The Labute approximate surface area is 65.5 Å². The average Bonchev–Trinajstić information content (AvgIpc) is 1.41. The van der Waals surface area contributed by atoms with E-state index in [4.69, 9.17) is 5.11 Å². The minimum Gasteiger partial charge on any atom is -0.394 e. The van der Waals surface area contributed by atoms with Crippen LogP contribution in [0.2, 0.25) is 0 Å². The second-order valence-corrected chi connectivity index (χ2v) is 0.716. The minimum atomic E-state index is 0. The summed E-state index contributed by atoms with van der Waals surface area (Å²) in [6.07, 6.45) is 0. The molecule has 0 aromatic carbocycles. The molecule has 0 aliphatic heterocycles. The van der Waals surface area contributed by atoms with Gasteiger partial charge in [0.05, 0.1) is 13.2 Å². The van der Waals surface area contributed by atoms with Crippen LogP contribution in [0.1, 0.15) is 0 Å². The largest absolute Gasteiger partial charge is 0.394 e. The van der Waals surface area contributed by atoms with E-state index < -0.39 is 0 Å². The zero-order valence-corrected chi connectivity index (χ0v) is 7.47. The quantitative estimate of drug-likeness (QED) is 0.680. The summed E-state index contributed by atoms with van der Waals surface area (Å²) in [6.45, 7) is 0.566. The number of methoxy groups -OCH3 is 1. The molecule has 1 N–H and O–H groups in total. The Kier molecular flexibility index (Phi) is 16.0. The van der Waals surface area contributed by atoms with Crippen molar-refractivity contribution in [3.63, 3.8) is 0 Å². The molecule has 0 aliphatic carbocycles. The predicted molar refractivity (Wildman–Crippen MR) is 19.0 cm³/mol. The third-order valence-corrected chi connectivity index (χ3v) is 0.295. The number of ether oxygens (including phenoxy) is 1. The second-order valence-electron chi connectivity index (χ2n) is 0.716. The summed E-state index contributed by atoms with van der Waals surface area (Å²) >= 11 is 0. The Hall–Kier alpha value is 1.11. The Balaban J connectivity index is 0. The third-order valence-electron chi connectivity index (χ3n) is 0.295. The van der Waals surface area contributed by atoms with E-state index in [2.05, 4.69) is 4.74 Å². The van der Waals surface area contributed by atoms with Crippen LogP contribution in [0.5, 0.6) is 0 Å². The molecule has 2 nitrogen and oxygen atoms in total. The fourth-order valence-electron chi connectivity index (χ4n) is 0.0913. The van der Waals surface area contributed by atoms with Crippen LogP contribution < -0.4 is 0 Å². The monoisotopic (exact) mass is 215 g/mol. The normalized spacial score (nSPS) is 7.00. The second kappa shape index (κ2) is 9.45. The third kappa shape index (κ3) is 8.93. The van der Waals surface area contributed by atoms with Crippen LogP contribution in [0.3, 0.4) is 0 Å². The van der Waals surface area contributed by atoms with Crippen LogP contribution in [-0.2, 0) is 4.74 Å². The van der Waals surface area contributed by atoms with Crippen LogP contribution in [-0.4, -0.2) is 25.4 Å². The molecule has 0 aromatic heterocycles. The molecule has 0 rings (SSSR count). The van der Waals surface area contributed by atoms with Gasteiger partial charge in [0, 0.05) is 42.7 Å². The van der Waals surface area contributed by atoms with Crippen molar-refractivity contribution in [2.24, 2.45) is 0 Å². The average molecular weight is 215 g/mol. The molecule has 0 saturated heterocycles. The van der Waals surface area contributed by atoms with E-state index in [1.54, 1.807) is 7.11 Å². The van der Waals surface area contributed by atoms with Gasteiger partial charge < -0.3 is 9.84 Å². The van der Waals surface area contributed by atoms with Crippen molar-refractivity contribution in [2.45, 2.75) is 0 Å². The molecule has 0 saturated carbocycles. The summed E-state index contributed by atoms with van der Waals surface area (Å²) in [7, 11) is 1.55. The number of hydrogen-bond donors (Lipinski definition) is 1. The van der Waals surface area contributed by atoms with Crippen molar-refractivity contribution < 1.29 is 45.4 Å². The van der Waals surface area contributed by atoms with Gasteiger partial charge in [-0.3, -0.25) is 0 Å². The SMILES string of the molecule is COCCO.[La]. The smallest absolute Gasteiger partial charge is 0.0693 e. The summed E-state index contributed by atoms with van der Waals surface area (Å²) < 4.78 is 4.44. The van der Waals surface area contributed by atoms with Crippen molar-refractivity contribution >= 4 is 0 Å². The fraction of sp³-hybridized carbons (Fsp3) is 1.00. The fourth-order valence-corrected chi connectivity index (χ4v) is 0.0913. The van der Waals surface area contributed by atoms with Crippen molar-refractivity contribution in [3.8, 4) is 0 Å². The Morgan fingerprint density at radius 1 is 1.67 bits per heavy atom. The van der Waals surface area contributed by atoms with Gasteiger partial charge in [-0.05, 0) is 0 Å². The summed E-state index contributed by atoms with van der Waals surface area (Å²) in [5.74, 6) is 0. The van der Waals surface area contributed by atoms with E-state index in [-0.39, 0.29) is 42.2 Å². The van der Waals surface area contributed by atoms with E-state index in [9.17, 15) is 0 Å². The van der Waals surface area contributed by atoms with E-state index in [0.717, 1.165) is 0 Å². The Morgan fingerprint density at radius 2 is 2.17 bits per heavy atom. The van der Waals surface area contributed by atoms with Crippen molar-refractivity contribution in [1.29, 1.82) is 0 Å². The molecule has 1 radical (unpaired) electrons. The van der Waals surface area contributed by atoms with E-state index >= 15 is 0 Å². The maximum Gasteiger partial charge on any atom is 0.0693 e. The van der Waals surface area contributed by atoms with Crippen LogP contribution in [0.15, 0.2) is 0 Å². The molecule has 35 valence electrons. The molecule has 0 aliphatic rings. The van der Waals surface area contributed by atoms with Gasteiger partial charge in [0.1, 0.15) is 0 Å². The Morgan fingerprint density at radius 3 is 2.17 bits per heavy atom. The van der Waals surface area contributed by atoms with Crippen LogP contribution in [0.25, 0.3) is 0 Å². The first-order valence-electron chi connectivity index (χ1n) is 1.51. The minimum absolute atomic E-state index is 0. The molecular weight excluding hydrogens is 207 g/mol. The van der Waals surface area contributed by atoms with E-state index in [1.807, 2.05) is 0 Å². The molecule has 0 unspecified atom stereocenters. The number of aliphatic hydroxyl groups excluding tert-OH is 1. The first kappa shape index (κ1) is 10.2. The van der Waals surface area contributed by atoms with Gasteiger partial charge in [0.25, 0.3) is 0 Å². The topological polar surface area (TPSA) is 29.5 Å². The predicted octanol–water partition coefficient (Wildman–Crippen LogP) is -0.375. The maximum atomic E-state index is 7.94. The molecule has 0 heterocycles. The number of hydrogen-bond acceptors (Lipinski definition) is 2. The van der Waals surface area contributed by atoms with Gasteiger partial charge in [0.2, 0.25) is 0 Å². The van der Waals surface area contributed by atoms with Gasteiger partial charge in [-0.1, -0.05) is 0 Å². The van der Waals surface area contributed by atoms with Crippen molar-refractivity contribution in [3.05, 3.63) is 0 Å². The van der Waals surface area contributed by atoms with Gasteiger partial charge >= 0.3 is 0 Å². The maximum absolute atomic E-state index is 7.94. The first-order valence-corrected chi connectivity index (χ1v) is 1.51. The van der Waals surface area contributed by atoms with Crippen LogP contribution in [0, 0.1) is 35.6 Å². The molecular formula is C3H8LaO2. The van der Waals surface area contributed by atoms with Gasteiger partial charge in [0.15, 0.2) is 0 Å². The standard InChI is InChI=1S/C3H8O2.La/c1-5-3-2-4;/h4H,2-3H2,1H3;. The number of aliphatic hydroxyl groups is 1. The molecule has 0 spiro atoms. The molecule has 0 fully saturated rings. The molecule has 0 bridgehead atoms. The summed E-state index contributed by atoms with van der Waals surface area (Å²) in [4.78, 5) is 0. The molecule has 0 aromatic rings. The summed E-state index contributed by atoms with van der Waals surface area (Å²) in [6, 6.07) is 0. The molecule has 3 heteroatoms.